The van der Waals surface area contributed by atoms with Gasteiger partial charge in [-0.3, -0.25) is 4.99 Å². The fraction of sp³-hybridized carbons (Fsp3) is 0.214. The molecule has 0 heterocycles. The van der Waals surface area contributed by atoms with Crippen molar-refractivity contribution in [1.82, 2.24) is 0 Å². The van der Waals surface area contributed by atoms with E-state index < -0.39 is 30.1 Å². The van der Waals surface area contributed by atoms with Crippen molar-refractivity contribution in [2.24, 2.45) is 4.99 Å². The Morgan fingerprint density at radius 2 is 1.56 bits per heavy atom. The number of aliphatic imine (C=N–C) groups is 1. The quantitative estimate of drug-likeness (QED) is 0.177. The minimum absolute atomic E-state index is 0.113. The zero-order chi connectivity index (χ0) is 26.2. The number of carbonyl (C=O) groups excluding carboxylic acids is 2. The number of nitrogens with zero attached hydrogens (tertiary/aromatic N) is 1. The summed E-state index contributed by atoms with van der Waals surface area (Å²) in [5, 5.41) is 10.2. The summed E-state index contributed by atoms with van der Waals surface area (Å²) in [6.07, 6.45) is 0.0338. The second kappa shape index (κ2) is 12.1. The average Bonchev–Trinajstić information content (AvgIpc) is 2.87. The third-order valence-corrected chi connectivity index (χ3v) is 5.79. The van der Waals surface area contributed by atoms with Gasteiger partial charge in [-0.25, -0.2) is 14.4 Å². The van der Waals surface area contributed by atoms with E-state index in [4.69, 9.17) is 21.1 Å². The van der Waals surface area contributed by atoms with Crippen molar-refractivity contribution < 1.29 is 29.0 Å². The highest BCUT2D eigenvalue weighted by Gasteiger charge is 2.30. The van der Waals surface area contributed by atoms with E-state index in [9.17, 15) is 19.5 Å². The maximum absolute atomic E-state index is 12.9. The average molecular weight is 508 g/mol. The molecule has 3 aromatic carbocycles. The first-order chi connectivity index (χ1) is 17.2. The summed E-state index contributed by atoms with van der Waals surface area (Å²) in [5.74, 6) is -2.96. The fourth-order valence-electron chi connectivity index (χ4n) is 3.24. The molecule has 3 aromatic rings. The Hall–Kier alpha value is -3.97. The summed E-state index contributed by atoms with van der Waals surface area (Å²) >= 11 is 6.42. The Kier molecular flexibility index (Phi) is 8.97. The number of hydrogen-bond acceptors (Lipinski definition) is 6. The summed E-state index contributed by atoms with van der Waals surface area (Å²) in [5.41, 5.74) is 1.83. The molecule has 0 saturated heterocycles. The number of halogens is 1. The summed E-state index contributed by atoms with van der Waals surface area (Å²) in [7, 11) is 0. The van der Waals surface area contributed by atoms with Crippen LogP contribution in [-0.4, -0.2) is 40.9 Å². The van der Waals surface area contributed by atoms with Crippen LogP contribution in [-0.2, 0) is 14.3 Å². The summed E-state index contributed by atoms with van der Waals surface area (Å²) < 4.78 is 11.0. The van der Waals surface area contributed by atoms with Gasteiger partial charge < -0.3 is 14.6 Å². The van der Waals surface area contributed by atoms with Gasteiger partial charge in [0.25, 0.3) is 0 Å². The lowest BCUT2D eigenvalue weighted by Crippen LogP contribution is -2.33. The number of aryl methyl sites for hydroxylation is 1. The van der Waals surface area contributed by atoms with Crippen molar-refractivity contribution in [3.05, 3.63) is 100 Å². The van der Waals surface area contributed by atoms with Gasteiger partial charge in [-0.1, -0.05) is 67.1 Å². The molecule has 186 valence electrons. The van der Waals surface area contributed by atoms with Gasteiger partial charge in [0.05, 0.1) is 17.4 Å². The van der Waals surface area contributed by atoms with Crippen molar-refractivity contribution in [3.63, 3.8) is 0 Å². The number of benzene rings is 3. The zero-order valence-electron chi connectivity index (χ0n) is 20.1. The predicted octanol–water partition coefficient (Wildman–Crippen LogP) is 5.50. The molecule has 0 bridgehead atoms. The molecule has 7 nitrogen and oxygen atoms in total. The Morgan fingerprint density at radius 1 is 0.972 bits per heavy atom. The van der Waals surface area contributed by atoms with Crippen LogP contribution < -0.4 is 4.74 Å². The Balaban J connectivity index is 2.17. The summed E-state index contributed by atoms with van der Waals surface area (Å²) in [6.45, 7) is 5.22. The van der Waals surface area contributed by atoms with E-state index in [-0.39, 0.29) is 17.0 Å². The van der Waals surface area contributed by atoms with Crippen LogP contribution in [0.2, 0.25) is 5.02 Å². The van der Waals surface area contributed by atoms with Gasteiger partial charge in [0.15, 0.2) is 0 Å². The monoisotopic (exact) mass is 507 g/mol. The standard InChI is InChI=1S/C28H26ClNO6/c1-4-18(3)35-28(34)25(26(31)32)30-24(19-11-7-5-8-12-19)21-16-22(29)17(2)15-23(21)36-27(33)20-13-9-6-10-14-20/h5-16,18,25H,4H2,1-3H3,(H,31,32). The third-order valence-electron chi connectivity index (χ3n) is 5.38. The van der Waals surface area contributed by atoms with Crippen LogP contribution in [0.5, 0.6) is 5.75 Å². The van der Waals surface area contributed by atoms with Crippen LogP contribution >= 0.6 is 11.6 Å². The van der Waals surface area contributed by atoms with E-state index in [0.29, 0.717) is 28.1 Å². The van der Waals surface area contributed by atoms with Crippen molar-refractivity contribution in [2.45, 2.75) is 39.3 Å². The Labute approximate surface area is 214 Å². The fourth-order valence-corrected chi connectivity index (χ4v) is 3.40. The molecular weight excluding hydrogens is 482 g/mol. The molecule has 0 aliphatic heterocycles. The van der Waals surface area contributed by atoms with Crippen molar-refractivity contribution in [2.75, 3.05) is 0 Å². The molecule has 0 aromatic heterocycles. The largest absolute Gasteiger partial charge is 0.479 e. The highest BCUT2D eigenvalue weighted by atomic mass is 35.5. The molecule has 0 amide bonds. The van der Waals surface area contributed by atoms with Crippen molar-refractivity contribution in [1.29, 1.82) is 0 Å². The van der Waals surface area contributed by atoms with E-state index in [2.05, 4.69) is 4.99 Å². The van der Waals surface area contributed by atoms with Crippen molar-refractivity contribution >= 4 is 35.2 Å². The molecule has 0 aliphatic carbocycles. The maximum atomic E-state index is 12.9. The first-order valence-electron chi connectivity index (χ1n) is 11.4. The van der Waals surface area contributed by atoms with E-state index >= 15 is 0 Å². The lowest BCUT2D eigenvalue weighted by molar-refractivity contribution is -0.156. The number of ether oxygens (including phenoxy) is 2. The lowest BCUT2D eigenvalue weighted by Gasteiger charge is -2.18. The van der Waals surface area contributed by atoms with E-state index in [0.717, 1.165) is 0 Å². The van der Waals surface area contributed by atoms with Gasteiger partial charge in [0.2, 0.25) is 6.04 Å². The van der Waals surface area contributed by atoms with Crippen LogP contribution in [0.4, 0.5) is 0 Å². The molecule has 1 N–H and O–H groups in total. The maximum Gasteiger partial charge on any atom is 0.343 e. The first kappa shape index (κ1) is 26.6. The Morgan fingerprint density at radius 3 is 2.11 bits per heavy atom. The van der Waals surface area contributed by atoms with Gasteiger partial charge in [-0.2, -0.15) is 0 Å². The molecule has 0 aliphatic rings. The third kappa shape index (κ3) is 6.58. The van der Waals surface area contributed by atoms with Crippen LogP contribution in [0.15, 0.2) is 77.8 Å². The highest BCUT2D eigenvalue weighted by Crippen LogP contribution is 2.30. The first-order valence-corrected chi connectivity index (χ1v) is 11.7. The van der Waals surface area contributed by atoms with Crippen molar-refractivity contribution in [3.8, 4) is 5.75 Å². The lowest BCUT2D eigenvalue weighted by atomic mass is 9.99. The molecule has 2 atom stereocenters. The van der Waals surface area contributed by atoms with Crippen LogP contribution in [0, 0.1) is 6.92 Å². The SMILES string of the molecule is CCC(C)OC(=O)C(N=C(c1ccccc1)c1cc(Cl)c(C)cc1OC(=O)c1ccccc1)C(=O)O. The van der Waals surface area contributed by atoms with Gasteiger partial charge >= 0.3 is 17.9 Å². The summed E-state index contributed by atoms with van der Waals surface area (Å²) in [4.78, 5) is 41.9. The molecule has 0 fully saturated rings. The molecule has 0 radical (unpaired) electrons. The summed E-state index contributed by atoms with van der Waals surface area (Å²) in [6, 6.07) is 18.4. The molecular formula is C28H26ClNO6. The number of carboxylic acid groups (broad SMARTS) is 1. The molecule has 2 unspecified atom stereocenters. The molecule has 0 saturated carbocycles. The van der Waals surface area contributed by atoms with Crippen LogP contribution in [0.25, 0.3) is 0 Å². The van der Waals surface area contributed by atoms with Gasteiger partial charge in [0, 0.05) is 16.1 Å². The smallest absolute Gasteiger partial charge is 0.343 e. The topological polar surface area (TPSA) is 102 Å². The number of rotatable bonds is 9. The zero-order valence-corrected chi connectivity index (χ0v) is 20.9. The normalized spacial score (nSPS) is 12.9. The number of carboxylic acids is 1. The molecule has 36 heavy (non-hydrogen) atoms. The van der Waals surface area contributed by atoms with Gasteiger partial charge in [-0.05, 0) is 50.1 Å². The highest BCUT2D eigenvalue weighted by molar-refractivity contribution is 6.32. The van der Waals surface area contributed by atoms with E-state index in [1.165, 1.54) is 6.07 Å². The number of esters is 2. The molecule has 8 heteroatoms. The molecule has 3 rings (SSSR count). The molecule has 0 spiro atoms. The minimum Gasteiger partial charge on any atom is -0.479 e. The number of hydrogen-bond donors (Lipinski definition) is 1. The second-order valence-corrected chi connectivity index (χ2v) is 8.50. The van der Waals surface area contributed by atoms with Crippen LogP contribution in [0.1, 0.15) is 47.3 Å². The van der Waals surface area contributed by atoms with E-state index in [1.807, 2.05) is 6.92 Å². The number of carbonyl (C=O) groups is 3. The van der Waals surface area contributed by atoms with Gasteiger partial charge in [0.1, 0.15) is 5.75 Å². The second-order valence-electron chi connectivity index (χ2n) is 8.09. The number of aliphatic carboxylic acids is 1. The minimum atomic E-state index is -1.84. The predicted molar refractivity (Wildman–Crippen MR) is 137 cm³/mol. The van der Waals surface area contributed by atoms with E-state index in [1.54, 1.807) is 80.6 Å². The van der Waals surface area contributed by atoms with Gasteiger partial charge in [-0.15, -0.1) is 0 Å². The Bertz CT molecular complexity index is 1270. The van der Waals surface area contributed by atoms with Crippen LogP contribution in [0.3, 0.4) is 0 Å².